The Balaban J connectivity index is 1.73. The van der Waals surface area contributed by atoms with E-state index in [1.54, 1.807) is 6.20 Å². The number of pyridine rings is 1. The van der Waals surface area contributed by atoms with Crippen LogP contribution in [-0.4, -0.2) is 31.3 Å². The molecule has 1 aromatic carbocycles. The Hall–Kier alpha value is -1.59. The first kappa shape index (κ1) is 14.4. The lowest BCUT2D eigenvalue weighted by Gasteiger charge is -2.30. The first-order valence-corrected chi connectivity index (χ1v) is 7.87. The standard InChI is InChI=1S/C16H18BrN3O/c17-14-9-13(10-18-12-14)11-19-15-3-1-2-4-16(15)20-5-7-21-8-6-20/h1-4,9-10,12,19H,5-8,11H2. The lowest BCUT2D eigenvalue weighted by Crippen LogP contribution is -2.36. The summed E-state index contributed by atoms with van der Waals surface area (Å²) in [5.41, 5.74) is 3.55. The van der Waals surface area contributed by atoms with Crippen LogP contribution in [0.15, 0.2) is 47.2 Å². The fourth-order valence-corrected chi connectivity index (χ4v) is 2.87. The molecule has 0 radical (unpaired) electrons. The van der Waals surface area contributed by atoms with Crippen LogP contribution in [0.3, 0.4) is 0 Å². The molecule has 0 bridgehead atoms. The lowest BCUT2D eigenvalue weighted by molar-refractivity contribution is 0.123. The van der Waals surface area contributed by atoms with Crippen molar-refractivity contribution in [2.45, 2.75) is 6.54 Å². The maximum Gasteiger partial charge on any atom is 0.0642 e. The molecule has 1 aromatic heterocycles. The van der Waals surface area contributed by atoms with E-state index in [1.165, 1.54) is 5.69 Å². The number of nitrogens with one attached hydrogen (secondary N) is 1. The molecule has 1 saturated heterocycles. The summed E-state index contributed by atoms with van der Waals surface area (Å²) in [5.74, 6) is 0. The molecule has 4 nitrogen and oxygen atoms in total. The number of halogens is 1. The normalized spacial score (nSPS) is 15.0. The predicted molar refractivity (Wildman–Crippen MR) is 88.7 cm³/mol. The van der Waals surface area contributed by atoms with Gasteiger partial charge in [0.1, 0.15) is 0 Å². The minimum atomic E-state index is 0.758. The SMILES string of the molecule is Brc1cncc(CNc2ccccc2N2CCOCC2)c1. The summed E-state index contributed by atoms with van der Waals surface area (Å²) >= 11 is 3.45. The summed E-state index contributed by atoms with van der Waals surface area (Å²) in [5, 5.41) is 3.51. The first-order chi connectivity index (χ1) is 10.3. The predicted octanol–water partition coefficient (Wildman–Crippen LogP) is 3.29. The summed E-state index contributed by atoms with van der Waals surface area (Å²) in [6, 6.07) is 10.5. The van der Waals surface area contributed by atoms with Crippen molar-refractivity contribution >= 4 is 27.3 Å². The maximum atomic E-state index is 5.43. The second-order valence-corrected chi connectivity index (χ2v) is 5.90. The Bertz CT molecular complexity index is 600. The van der Waals surface area contributed by atoms with Crippen LogP contribution in [-0.2, 0) is 11.3 Å². The number of morpholine rings is 1. The van der Waals surface area contributed by atoms with Crippen LogP contribution in [0.2, 0.25) is 0 Å². The molecule has 5 heteroatoms. The van der Waals surface area contributed by atoms with Gasteiger partial charge in [-0.1, -0.05) is 12.1 Å². The van der Waals surface area contributed by atoms with Gasteiger partial charge in [0.15, 0.2) is 0 Å². The molecular weight excluding hydrogens is 330 g/mol. The molecule has 1 fully saturated rings. The van der Waals surface area contributed by atoms with E-state index < -0.39 is 0 Å². The average Bonchev–Trinajstić information content (AvgIpc) is 2.54. The molecule has 0 atom stereocenters. The zero-order valence-corrected chi connectivity index (χ0v) is 13.3. The van der Waals surface area contributed by atoms with E-state index in [0.29, 0.717) is 0 Å². The van der Waals surface area contributed by atoms with Crippen LogP contribution in [0.5, 0.6) is 0 Å². The Morgan fingerprint density at radius 2 is 2.00 bits per heavy atom. The molecule has 0 spiro atoms. The summed E-state index contributed by atoms with van der Waals surface area (Å²) in [6.45, 7) is 4.23. The lowest BCUT2D eigenvalue weighted by atomic mass is 10.2. The Labute approximate surface area is 133 Å². The highest BCUT2D eigenvalue weighted by Crippen LogP contribution is 2.26. The number of hydrogen-bond donors (Lipinski definition) is 1. The number of hydrogen-bond acceptors (Lipinski definition) is 4. The topological polar surface area (TPSA) is 37.4 Å². The van der Waals surface area contributed by atoms with E-state index in [2.05, 4.69) is 61.5 Å². The van der Waals surface area contributed by atoms with Gasteiger partial charge >= 0.3 is 0 Å². The van der Waals surface area contributed by atoms with Gasteiger partial charge in [-0.25, -0.2) is 0 Å². The summed E-state index contributed by atoms with van der Waals surface area (Å²) in [4.78, 5) is 6.56. The number of ether oxygens (including phenoxy) is 1. The van der Waals surface area contributed by atoms with Gasteiger partial charge in [0.25, 0.3) is 0 Å². The number of nitrogens with zero attached hydrogens (tertiary/aromatic N) is 2. The molecule has 3 rings (SSSR count). The van der Waals surface area contributed by atoms with Gasteiger partial charge in [0.2, 0.25) is 0 Å². The number of para-hydroxylation sites is 2. The molecule has 0 saturated carbocycles. The first-order valence-electron chi connectivity index (χ1n) is 7.08. The minimum Gasteiger partial charge on any atom is -0.379 e. The molecule has 0 aliphatic carbocycles. The van der Waals surface area contributed by atoms with Crippen molar-refractivity contribution in [1.82, 2.24) is 4.98 Å². The quantitative estimate of drug-likeness (QED) is 0.920. The monoisotopic (exact) mass is 347 g/mol. The van der Waals surface area contributed by atoms with Crippen LogP contribution in [0.4, 0.5) is 11.4 Å². The van der Waals surface area contributed by atoms with Gasteiger partial charge in [-0.15, -0.1) is 0 Å². The Morgan fingerprint density at radius 3 is 2.81 bits per heavy atom. The molecule has 1 aliphatic heterocycles. The molecule has 0 amide bonds. The van der Waals surface area contributed by atoms with Gasteiger partial charge in [0, 0.05) is 36.5 Å². The van der Waals surface area contributed by atoms with Gasteiger partial charge in [-0.05, 0) is 39.7 Å². The minimum absolute atomic E-state index is 0.758. The number of rotatable bonds is 4. The van der Waals surface area contributed by atoms with Gasteiger partial charge in [-0.2, -0.15) is 0 Å². The summed E-state index contributed by atoms with van der Waals surface area (Å²) in [6.07, 6.45) is 3.68. The highest BCUT2D eigenvalue weighted by atomic mass is 79.9. The van der Waals surface area contributed by atoms with Crippen molar-refractivity contribution in [3.8, 4) is 0 Å². The molecule has 0 unspecified atom stereocenters. The van der Waals surface area contributed by atoms with E-state index in [4.69, 9.17) is 4.74 Å². The highest BCUT2D eigenvalue weighted by Gasteiger charge is 2.14. The molecule has 1 aliphatic rings. The second-order valence-electron chi connectivity index (χ2n) is 4.98. The van der Waals surface area contributed by atoms with Gasteiger partial charge in [-0.3, -0.25) is 4.98 Å². The van der Waals surface area contributed by atoms with E-state index in [-0.39, 0.29) is 0 Å². The van der Waals surface area contributed by atoms with E-state index in [9.17, 15) is 0 Å². The molecule has 110 valence electrons. The smallest absolute Gasteiger partial charge is 0.0642 e. The molecule has 21 heavy (non-hydrogen) atoms. The molecule has 2 aromatic rings. The Morgan fingerprint density at radius 1 is 1.19 bits per heavy atom. The summed E-state index contributed by atoms with van der Waals surface area (Å²) in [7, 11) is 0. The number of benzene rings is 1. The number of anilines is 2. The third-order valence-electron chi connectivity index (χ3n) is 3.50. The third kappa shape index (κ3) is 3.74. The second kappa shape index (κ2) is 6.91. The summed E-state index contributed by atoms with van der Waals surface area (Å²) < 4.78 is 6.43. The van der Waals surface area contributed by atoms with Crippen molar-refractivity contribution in [3.63, 3.8) is 0 Å². The zero-order valence-electron chi connectivity index (χ0n) is 11.8. The van der Waals surface area contributed by atoms with Crippen molar-refractivity contribution < 1.29 is 4.74 Å². The number of aromatic nitrogens is 1. The van der Waals surface area contributed by atoms with Gasteiger partial charge in [0.05, 0.1) is 24.6 Å². The molecule has 1 N–H and O–H groups in total. The zero-order chi connectivity index (χ0) is 14.5. The van der Waals surface area contributed by atoms with Crippen LogP contribution in [0.25, 0.3) is 0 Å². The van der Waals surface area contributed by atoms with Gasteiger partial charge < -0.3 is 15.0 Å². The van der Waals surface area contributed by atoms with Crippen molar-refractivity contribution in [2.75, 3.05) is 36.5 Å². The van der Waals surface area contributed by atoms with Crippen LogP contribution >= 0.6 is 15.9 Å². The molecule has 2 heterocycles. The van der Waals surface area contributed by atoms with E-state index in [1.807, 2.05) is 6.20 Å². The Kier molecular flexibility index (Phi) is 4.72. The van der Waals surface area contributed by atoms with Crippen LogP contribution in [0, 0.1) is 0 Å². The van der Waals surface area contributed by atoms with Crippen molar-refractivity contribution in [1.29, 1.82) is 0 Å². The fourth-order valence-electron chi connectivity index (χ4n) is 2.45. The van der Waals surface area contributed by atoms with Crippen molar-refractivity contribution in [3.05, 3.63) is 52.8 Å². The molecular formula is C16H18BrN3O. The fraction of sp³-hybridized carbons (Fsp3) is 0.312. The highest BCUT2D eigenvalue weighted by molar-refractivity contribution is 9.10. The van der Waals surface area contributed by atoms with Crippen LogP contribution in [0.1, 0.15) is 5.56 Å². The van der Waals surface area contributed by atoms with Crippen LogP contribution < -0.4 is 10.2 Å². The van der Waals surface area contributed by atoms with Crippen molar-refractivity contribution in [2.24, 2.45) is 0 Å². The van der Waals surface area contributed by atoms with E-state index in [0.717, 1.165) is 48.6 Å². The third-order valence-corrected chi connectivity index (χ3v) is 3.93. The maximum absolute atomic E-state index is 5.43. The largest absolute Gasteiger partial charge is 0.379 e. The van der Waals surface area contributed by atoms with E-state index >= 15 is 0 Å². The average molecular weight is 348 g/mol.